The van der Waals surface area contributed by atoms with E-state index in [0.717, 1.165) is 22.5 Å². The summed E-state index contributed by atoms with van der Waals surface area (Å²) in [6, 6.07) is 2.91. The van der Waals surface area contributed by atoms with Gasteiger partial charge in [-0.1, -0.05) is 6.07 Å². The van der Waals surface area contributed by atoms with Gasteiger partial charge in [-0.3, -0.25) is 4.79 Å². The maximum atomic E-state index is 13.7. The molecule has 2 rings (SSSR count). The molecule has 1 aromatic carbocycles. The van der Waals surface area contributed by atoms with Crippen LogP contribution in [0, 0.1) is 11.6 Å². The third-order valence-corrected chi connectivity index (χ3v) is 5.44. The van der Waals surface area contributed by atoms with Gasteiger partial charge in [0.25, 0.3) is 0 Å². The van der Waals surface area contributed by atoms with E-state index >= 15 is 0 Å². The number of piperazine rings is 1. The van der Waals surface area contributed by atoms with E-state index in [9.17, 15) is 22.0 Å². The van der Waals surface area contributed by atoms with Crippen molar-refractivity contribution < 1.29 is 27.1 Å². The first-order valence-electron chi connectivity index (χ1n) is 6.70. The molecule has 0 atom stereocenters. The zero-order valence-corrected chi connectivity index (χ0v) is 13.7. The van der Waals surface area contributed by atoms with Gasteiger partial charge in [0.15, 0.2) is 4.90 Å². The number of sulfonamides is 1. The van der Waals surface area contributed by atoms with Gasteiger partial charge in [-0.05, 0) is 12.1 Å². The van der Waals surface area contributed by atoms with Crippen LogP contribution in [0.1, 0.15) is 6.42 Å². The number of benzene rings is 1. The quantitative estimate of drug-likeness (QED) is 0.841. The lowest BCUT2D eigenvalue weighted by molar-refractivity contribution is -0.137. The van der Waals surface area contributed by atoms with Gasteiger partial charge in [-0.2, -0.15) is 4.31 Å². The number of carbonyl (C=O) groups is 1. The van der Waals surface area contributed by atoms with Gasteiger partial charge in [-0.15, -0.1) is 12.4 Å². The van der Waals surface area contributed by atoms with Crippen LogP contribution < -0.4 is 0 Å². The second-order valence-corrected chi connectivity index (χ2v) is 6.82. The van der Waals surface area contributed by atoms with E-state index in [1.54, 1.807) is 4.90 Å². The second-order valence-electron chi connectivity index (χ2n) is 4.94. The number of halogens is 3. The Kier molecular flexibility index (Phi) is 6.87. The molecule has 1 heterocycles. The normalized spacial score (nSPS) is 16.8. The van der Waals surface area contributed by atoms with Crippen molar-refractivity contribution in [3.05, 3.63) is 29.8 Å². The Morgan fingerprint density at radius 2 is 1.65 bits per heavy atom. The molecule has 1 fully saturated rings. The predicted molar refractivity (Wildman–Crippen MR) is 81.1 cm³/mol. The predicted octanol–water partition coefficient (Wildman–Crippen LogP) is 1.17. The topological polar surface area (TPSA) is 77.9 Å². The molecule has 1 aliphatic heterocycles. The molecule has 1 N–H and O–H groups in total. The smallest absolute Gasteiger partial charge is 0.304 e. The first-order chi connectivity index (χ1) is 10.3. The number of aliphatic carboxylic acids is 1. The van der Waals surface area contributed by atoms with Crippen LogP contribution in [-0.2, 0) is 14.8 Å². The summed E-state index contributed by atoms with van der Waals surface area (Å²) in [5.41, 5.74) is 0. The van der Waals surface area contributed by atoms with Crippen molar-refractivity contribution in [2.45, 2.75) is 11.3 Å². The molecule has 0 amide bonds. The minimum absolute atomic E-state index is 0. The van der Waals surface area contributed by atoms with Gasteiger partial charge < -0.3 is 10.0 Å². The van der Waals surface area contributed by atoms with E-state index in [-0.39, 0.29) is 31.9 Å². The molecule has 130 valence electrons. The molecule has 0 spiro atoms. The highest BCUT2D eigenvalue weighted by molar-refractivity contribution is 7.89. The SMILES string of the molecule is Cl.O=C(O)CCN1CCN(S(=O)(=O)c2c(F)cccc2F)CC1. The van der Waals surface area contributed by atoms with Crippen LogP contribution >= 0.6 is 12.4 Å². The maximum absolute atomic E-state index is 13.7. The summed E-state index contributed by atoms with van der Waals surface area (Å²) >= 11 is 0. The molecule has 0 aliphatic carbocycles. The van der Waals surface area contributed by atoms with E-state index in [1.165, 1.54) is 0 Å². The van der Waals surface area contributed by atoms with Gasteiger partial charge in [0, 0.05) is 32.7 Å². The minimum atomic E-state index is -4.24. The summed E-state index contributed by atoms with van der Waals surface area (Å²) in [6.45, 7) is 1.09. The molecule has 1 saturated heterocycles. The molecule has 23 heavy (non-hydrogen) atoms. The fraction of sp³-hybridized carbons (Fsp3) is 0.462. The Balaban J connectivity index is 0.00000264. The summed E-state index contributed by atoms with van der Waals surface area (Å²) in [5, 5.41) is 8.62. The molecule has 1 aliphatic rings. The molecular weight excluding hydrogens is 354 g/mol. The first-order valence-corrected chi connectivity index (χ1v) is 8.14. The maximum Gasteiger partial charge on any atom is 0.304 e. The van der Waals surface area contributed by atoms with Crippen LogP contribution in [0.15, 0.2) is 23.1 Å². The lowest BCUT2D eigenvalue weighted by Gasteiger charge is -2.33. The van der Waals surface area contributed by atoms with Crippen molar-refractivity contribution in [3.63, 3.8) is 0 Å². The van der Waals surface area contributed by atoms with Gasteiger partial charge in [-0.25, -0.2) is 17.2 Å². The standard InChI is InChI=1S/C13H16F2N2O4S.ClH/c14-10-2-1-3-11(15)13(10)22(20,21)17-8-6-16(7-9-17)5-4-12(18)19;/h1-3H,4-9H2,(H,18,19);1H. The monoisotopic (exact) mass is 370 g/mol. The van der Waals surface area contributed by atoms with E-state index < -0.39 is 32.5 Å². The summed E-state index contributed by atoms with van der Waals surface area (Å²) in [4.78, 5) is 11.4. The van der Waals surface area contributed by atoms with E-state index in [2.05, 4.69) is 0 Å². The third kappa shape index (κ3) is 4.60. The van der Waals surface area contributed by atoms with Crippen molar-refractivity contribution in [1.82, 2.24) is 9.21 Å². The summed E-state index contributed by atoms with van der Waals surface area (Å²) in [6.07, 6.45) is -0.0330. The number of hydrogen-bond donors (Lipinski definition) is 1. The summed E-state index contributed by atoms with van der Waals surface area (Å²) in [7, 11) is -4.24. The molecule has 0 unspecified atom stereocenters. The fourth-order valence-corrected chi connectivity index (χ4v) is 3.84. The van der Waals surface area contributed by atoms with E-state index in [1.807, 2.05) is 0 Å². The van der Waals surface area contributed by atoms with Crippen LogP contribution in [0.5, 0.6) is 0 Å². The molecule has 0 saturated carbocycles. The Hall–Kier alpha value is -1.29. The fourth-order valence-electron chi connectivity index (χ4n) is 2.31. The van der Waals surface area contributed by atoms with Crippen molar-refractivity contribution in [2.75, 3.05) is 32.7 Å². The lowest BCUT2D eigenvalue weighted by atomic mass is 10.3. The minimum Gasteiger partial charge on any atom is -0.481 e. The molecule has 0 radical (unpaired) electrons. The van der Waals surface area contributed by atoms with Crippen molar-refractivity contribution in [1.29, 1.82) is 0 Å². The van der Waals surface area contributed by atoms with Crippen molar-refractivity contribution in [2.24, 2.45) is 0 Å². The molecule has 6 nitrogen and oxygen atoms in total. The van der Waals surface area contributed by atoms with Crippen LogP contribution in [0.2, 0.25) is 0 Å². The average Bonchev–Trinajstić information content (AvgIpc) is 2.45. The van der Waals surface area contributed by atoms with E-state index in [4.69, 9.17) is 5.11 Å². The van der Waals surface area contributed by atoms with Crippen LogP contribution in [-0.4, -0.2) is 61.4 Å². The van der Waals surface area contributed by atoms with Crippen LogP contribution in [0.3, 0.4) is 0 Å². The number of hydrogen-bond acceptors (Lipinski definition) is 4. The lowest BCUT2D eigenvalue weighted by Crippen LogP contribution is -2.49. The Morgan fingerprint density at radius 3 is 2.13 bits per heavy atom. The third-order valence-electron chi connectivity index (χ3n) is 3.49. The second kappa shape index (κ2) is 8.00. The summed E-state index contributed by atoms with van der Waals surface area (Å²) in [5.74, 6) is -3.16. The molecule has 0 aromatic heterocycles. The van der Waals surface area contributed by atoms with Gasteiger partial charge in [0.1, 0.15) is 11.6 Å². The number of nitrogens with zero attached hydrogens (tertiary/aromatic N) is 2. The molecule has 10 heteroatoms. The zero-order valence-electron chi connectivity index (χ0n) is 12.1. The largest absolute Gasteiger partial charge is 0.481 e. The number of rotatable bonds is 5. The Bertz CT molecular complexity index is 644. The highest BCUT2D eigenvalue weighted by Crippen LogP contribution is 2.23. The van der Waals surface area contributed by atoms with Gasteiger partial charge in [0.2, 0.25) is 10.0 Å². The van der Waals surface area contributed by atoms with Gasteiger partial charge in [0.05, 0.1) is 6.42 Å². The van der Waals surface area contributed by atoms with Crippen molar-refractivity contribution in [3.8, 4) is 0 Å². The zero-order chi connectivity index (χ0) is 16.3. The number of carboxylic acid groups (broad SMARTS) is 1. The van der Waals surface area contributed by atoms with E-state index in [0.29, 0.717) is 19.6 Å². The average molecular weight is 371 g/mol. The van der Waals surface area contributed by atoms with Crippen LogP contribution in [0.4, 0.5) is 8.78 Å². The Morgan fingerprint density at radius 1 is 1.13 bits per heavy atom. The Labute approximate surface area is 139 Å². The molecule has 1 aromatic rings. The number of carboxylic acids is 1. The molecule has 0 bridgehead atoms. The van der Waals surface area contributed by atoms with Crippen molar-refractivity contribution >= 4 is 28.4 Å². The van der Waals surface area contributed by atoms with Crippen LogP contribution in [0.25, 0.3) is 0 Å². The highest BCUT2D eigenvalue weighted by atomic mass is 35.5. The highest BCUT2D eigenvalue weighted by Gasteiger charge is 2.32. The van der Waals surface area contributed by atoms with Gasteiger partial charge >= 0.3 is 5.97 Å². The first kappa shape index (κ1) is 19.8. The molecular formula is C13H17ClF2N2O4S. The summed E-state index contributed by atoms with van der Waals surface area (Å²) < 4.78 is 53.0.